The normalized spacial score (nSPS) is 34.7. The topological polar surface area (TPSA) is 33.7 Å². The molecule has 14 heavy (non-hydrogen) atoms. The molecular formula is C10H20N2O2. The molecule has 0 aromatic heterocycles. The van der Waals surface area contributed by atoms with Crippen LogP contribution < -0.4 is 5.32 Å². The van der Waals surface area contributed by atoms with Crippen molar-refractivity contribution in [1.82, 2.24) is 10.2 Å². The predicted molar refractivity (Wildman–Crippen MR) is 54.4 cm³/mol. The molecule has 0 aliphatic carbocycles. The van der Waals surface area contributed by atoms with Crippen LogP contribution in [0.15, 0.2) is 0 Å². The maximum absolute atomic E-state index is 5.40. The second-order valence-electron chi connectivity index (χ2n) is 4.29. The molecule has 0 spiro atoms. The van der Waals surface area contributed by atoms with Gasteiger partial charge in [0.05, 0.1) is 12.2 Å². The summed E-state index contributed by atoms with van der Waals surface area (Å²) in [5.74, 6) is 0.836. The van der Waals surface area contributed by atoms with Gasteiger partial charge in [-0.1, -0.05) is 0 Å². The molecule has 2 aliphatic heterocycles. The van der Waals surface area contributed by atoms with Crippen molar-refractivity contribution in [2.24, 2.45) is 5.92 Å². The number of hydrogen-bond donors (Lipinski definition) is 1. The minimum absolute atomic E-state index is 0.257. The molecule has 0 aromatic carbocycles. The van der Waals surface area contributed by atoms with Crippen LogP contribution >= 0.6 is 0 Å². The number of nitrogens with zero attached hydrogens (tertiary/aromatic N) is 1. The van der Waals surface area contributed by atoms with Crippen molar-refractivity contribution in [3.63, 3.8) is 0 Å². The molecule has 2 heterocycles. The Balaban J connectivity index is 1.78. The first kappa shape index (κ1) is 10.4. The van der Waals surface area contributed by atoms with E-state index in [0.29, 0.717) is 0 Å². The maximum atomic E-state index is 5.40. The Morgan fingerprint density at radius 2 is 1.71 bits per heavy atom. The summed E-state index contributed by atoms with van der Waals surface area (Å²) in [5, 5.41) is 3.30. The second kappa shape index (κ2) is 4.57. The van der Waals surface area contributed by atoms with Gasteiger partial charge in [-0.25, -0.2) is 0 Å². The van der Waals surface area contributed by atoms with E-state index in [1.54, 1.807) is 14.2 Å². The Morgan fingerprint density at radius 1 is 1.14 bits per heavy atom. The van der Waals surface area contributed by atoms with Gasteiger partial charge in [0, 0.05) is 46.9 Å². The Hall–Kier alpha value is -0.160. The van der Waals surface area contributed by atoms with Crippen molar-refractivity contribution in [2.75, 3.05) is 46.9 Å². The van der Waals surface area contributed by atoms with E-state index in [0.717, 1.165) is 19.0 Å². The Bertz CT molecular complexity index is 173. The third kappa shape index (κ3) is 2.08. The van der Waals surface area contributed by atoms with E-state index in [-0.39, 0.29) is 12.2 Å². The molecule has 0 amide bonds. The van der Waals surface area contributed by atoms with Crippen molar-refractivity contribution in [2.45, 2.75) is 12.2 Å². The summed E-state index contributed by atoms with van der Waals surface area (Å²) in [4.78, 5) is 2.45. The Morgan fingerprint density at radius 3 is 2.07 bits per heavy atom. The van der Waals surface area contributed by atoms with Crippen LogP contribution in [0.4, 0.5) is 0 Å². The number of ether oxygens (including phenoxy) is 2. The highest BCUT2D eigenvalue weighted by molar-refractivity contribution is 4.88. The van der Waals surface area contributed by atoms with Crippen molar-refractivity contribution >= 4 is 0 Å². The molecule has 0 radical (unpaired) electrons. The molecule has 2 aliphatic rings. The van der Waals surface area contributed by atoms with Gasteiger partial charge in [-0.05, 0) is 5.92 Å². The highest BCUT2D eigenvalue weighted by Gasteiger charge is 2.34. The number of hydrogen-bond acceptors (Lipinski definition) is 4. The lowest BCUT2D eigenvalue weighted by Crippen LogP contribution is -2.48. The van der Waals surface area contributed by atoms with E-state index in [1.807, 2.05) is 0 Å². The fourth-order valence-electron chi connectivity index (χ4n) is 2.26. The lowest BCUT2D eigenvalue weighted by molar-refractivity contribution is -0.00461. The van der Waals surface area contributed by atoms with Crippen molar-refractivity contribution < 1.29 is 9.47 Å². The quantitative estimate of drug-likeness (QED) is 0.666. The zero-order valence-corrected chi connectivity index (χ0v) is 9.03. The molecular weight excluding hydrogens is 180 g/mol. The van der Waals surface area contributed by atoms with Crippen molar-refractivity contribution in [3.8, 4) is 0 Å². The number of rotatable bonds is 4. The molecule has 2 fully saturated rings. The molecule has 0 bridgehead atoms. The van der Waals surface area contributed by atoms with E-state index in [4.69, 9.17) is 9.47 Å². The van der Waals surface area contributed by atoms with Crippen molar-refractivity contribution in [1.29, 1.82) is 0 Å². The van der Waals surface area contributed by atoms with E-state index >= 15 is 0 Å². The van der Waals surface area contributed by atoms with Crippen LogP contribution in [-0.4, -0.2) is 64.1 Å². The molecule has 0 aromatic rings. The van der Waals surface area contributed by atoms with Crippen molar-refractivity contribution in [3.05, 3.63) is 0 Å². The van der Waals surface area contributed by atoms with E-state index in [1.165, 1.54) is 19.6 Å². The van der Waals surface area contributed by atoms with Gasteiger partial charge < -0.3 is 14.8 Å². The maximum Gasteiger partial charge on any atom is 0.0971 e. The van der Waals surface area contributed by atoms with Crippen LogP contribution in [0.1, 0.15) is 0 Å². The van der Waals surface area contributed by atoms with Crippen LogP contribution in [0, 0.1) is 5.92 Å². The van der Waals surface area contributed by atoms with Crippen LogP contribution in [0.3, 0.4) is 0 Å². The zero-order valence-electron chi connectivity index (χ0n) is 9.03. The van der Waals surface area contributed by atoms with Gasteiger partial charge in [0.25, 0.3) is 0 Å². The molecule has 2 saturated heterocycles. The highest BCUT2D eigenvalue weighted by atomic mass is 16.5. The van der Waals surface area contributed by atoms with Gasteiger partial charge >= 0.3 is 0 Å². The van der Waals surface area contributed by atoms with E-state index in [9.17, 15) is 0 Å². The smallest absolute Gasteiger partial charge is 0.0971 e. The van der Waals surface area contributed by atoms with Crippen LogP contribution in [0.2, 0.25) is 0 Å². The summed E-state index contributed by atoms with van der Waals surface area (Å²) < 4.78 is 10.8. The SMILES string of the molecule is COC1CN(CC2CNC2)CC1OC. The fourth-order valence-corrected chi connectivity index (χ4v) is 2.26. The number of nitrogens with one attached hydrogen (secondary N) is 1. The molecule has 2 atom stereocenters. The Labute approximate surface area is 85.5 Å². The third-order valence-corrected chi connectivity index (χ3v) is 3.28. The summed E-state index contributed by atoms with van der Waals surface area (Å²) >= 11 is 0. The molecule has 4 heteroatoms. The molecule has 2 rings (SSSR count). The van der Waals surface area contributed by atoms with E-state index in [2.05, 4.69) is 10.2 Å². The summed E-state index contributed by atoms with van der Waals surface area (Å²) in [6.07, 6.45) is 0.515. The van der Waals surface area contributed by atoms with Gasteiger partial charge in [-0.15, -0.1) is 0 Å². The van der Waals surface area contributed by atoms with Gasteiger partial charge in [0.1, 0.15) is 0 Å². The molecule has 2 unspecified atom stereocenters. The average molecular weight is 200 g/mol. The first-order valence-electron chi connectivity index (χ1n) is 5.32. The minimum Gasteiger partial charge on any atom is -0.377 e. The molecule has 82 valence electrons. The predicted octanol–water partition coefficient (Wildman–Crippen LogP) is -0.449. The first-order chi connectivity index (χ1) is 6.83. The van der Waals surface area contributed by atoms with Gasteiger partial charge in [0.15, 0.2) is 0 Å². The highest BCUT2D eigenvalue weighted by Crippen LogP contribution is 2.17. The average Bonchev–Trinajstić information content (AvgIpc) is 2.53. The standard InChI is InChI=1S/C10H20N2O2/c1-13-9-6-12(7-10(9)14-2)5-8-3-11-4-8/h8-11H,3-7H2,1-2H3. The lowest BCUT2D eigenvalue weighted by atomic mass is 10.0. The lowest BCUT2D eigenvalue weighted by Gasteiger charge is -2.31. The largest absolute Gasteiger partial charge is 0.377 e. The van der Waals surface area contributed by atoms with Crippen LogP contribution in [0.25, 0.3) is 0 Å². The summed E-state index contributed by atoms with van der Waals surface area (Å²) in [6.45, 7) is 5.57. The number of likely N-dealkylation sites (tertiary alicyclic amines) is 1. The summed E-state index contributed by atoms with van der Waals surface area (Å²) in [7, 11) is 3.54. The summed E-state index contributed by atoms with van der Waals surface area (Å²) in [5.41, 5.74) is 0. The fraction of sp³-hybridized carbons (Fsp3) is 1.00. The monoisotopic (exact) mass is 200 g/mol. The second-order valence-corrected chi connectivity index (χ2v) is 4.29. The van der Waals surface area contributed by atoms with Gasteiger partial charge in [-0.2, -0.15) is 0 Å². The minimum atomic E-state index is 0.257. The molecule has 4 nitrogen and oxygen atoms in total. The van der Waals surface area contributed by atoms with E-state index < -0.39 is 0 Å². The Kier molecular flexibility index (Phi) is 3.38. The third-order valence-electron chi connectivity index (χ3n) is 3.28. The molecule has 0 saturated carbocycles. The van der Waals surface area contributed by atoms with Crippen LogP contribution in [-0.2, 0) is 9.47 Å². The molecule has 1 N–H and O–H groups in total. The number of methoxy groups -OCH3 is 2. The van der Waals surface area contributed by atoms with Gasteiger partial charge in [0.2, 0.25) is 0 Å². The van der Waals surface area contributed by atoms with Crippen LogP contribution in [0.5, 0.6) is 0 Å². The van der Waals surface area contributed by atoms with Gasteiger partial charge in [-0.3, -0.25) is 4.90 Å². The first-order valence-corrected chi connectivity index (χ1v) is 5.32. The zero-order chi connectivity index (χ0) is 9.97. The summed E-state index contributed by atoms with van der Waals surface area (Å²) in [6, 6.07) is 0.